The fourth-order valence-electron chi connectivity index (χ4n) is 2.31. The zero-order valence-electron chi connectivity index (χ0n) is 13.3. The number of ether oxygens (including phenoxy) is 1. The number of carbonyl (C=O) groups excluding carboxylic acids is 1. The lowest BCUT2D eigenvalue weighted by Crippen LogP contribution is -2.24. The van der Waals surface area contributed by atoms with Crippen LogP contribution >= 0.6 is 0 Å². The number of fused-ring (bicyclic) bond motifs is 1. The summed E-state index contributed by atoms with van der Waals surface area (Å²) in [5.74, 6) is 0.137. The lowest BCUT2D eigenvalue weighted by Gasteiger charge is -2.06. The molecule has 0 aliphatic carbocycles. The highest BCUT2D eigenvalue weighted by Gasteiger charge is 2.05. The standard InChI is InChI=1S/C19H25NO2/c1-2-3-12-22-13-6-11-20-15-19(21)18-10-9-16-7-4-5-8-17(16)14-18/h4-5,7-10,14,20H,2-3,6,11-13,15H2,1H3. The minimum Gasteiger partial charge on any atom is -0.381 e. The number of hydrogen-bond donors (Lipinski definition) is 1. The molecule has 2 rings (SSSR count). The molecule has 0 aliphatic rings. The second kappa shape index (κ2) is 9.34. The first-order valence-electron chi connectivity index (χ1n) is 8.11. The van der Waals surface area contributed by atoms with Gasteiger partial charge in [0, 0.05) is 18.8 Å². The van der Waals surface area contributed by atoms with E-state index in [-0.39, 0.29) is 5.78 Å². The SMILES string of the molecule is CCCCOCCCNCC(=O)c1ccc2ccccc2c1. The van der Waals surface area contributed by atoms with Crippen LogP contribution in [-0.2, 0) is 4.74 Å². The first-order chi connectivity index (χ1) is 10.8. The van der Waals surface area contributed by atoms with E-state index in [2.05, 4.69) is 18.3 Å². The van der Waals surface area contributed by atoms with Crippen molar-refractivity contribution in [1.29, 1.82) is 0 Å². The van der Waals surface area contributed by atoms with E-state index in [1.54, 1.807) is 0 Å². The van der Waals surface area contributed by atoms with Crippen LogP contribution in [0.25, 0.3) is 10.8 Å². The summed E-state index contributed by atoms with van der Waals surface area (Å²) >= 11 is 0. The van der Waals surface area contributed by atoms with Crippen molar-refractivity contribution in [3.8, 4) is 0 Å². The maximum atomic E-state index is 12.2. The first-order valence-corrected chi connectivity index (χ1v) is 8.11. The highest BCUT2D eigenvalue weighted by molar-refractivity contribution is 6.01. The molecule has 0 heterocycles. The van der Waals surface area contributed by atoms with Crippen molar-refractivity contribution in [2.24, 2.45) is 0 Å². The number of Topliss-reactive ketones (excluding diaryl/α,β-unsaturated/α-hetero) is 1. The van der Waals surface area contributed by atoms with Crippen LogP contribution in [0.3, 0.4) is 0 Å². The van der Waals surface area contributed by atoms with E-state index in [4.69, 9.17) is 4.74 Å². The van der Waals surface area contributed by atoms with Gasteiger partial charge in [0.1, 0.15) is 0 Å². The Morgan fingerprint density at radius 2 is 1.82 bits per heavy atom. The second-order valence-electron chi connectivity index (χ2n) is 5.48. The molecule has 0 aromatic heterocycles. The summed E-state index contributed by atoms with van der Waals surface area (Å²) in [6.07, 6.45) is 3.22. The zero-order valence-corrected chi connectivity index (χ0v) is 13.3. The number of unbranched alkanes of at least 4 members (excludes halogenated alkanes) is 1. The van der Waals surface area contributed by atoms with Gasteiger partial charge < -0.3 is 10.1 Å². The van der Waals surface area contributed by atoms with Gasteiger partial charge in [0.15, 0.2) is 5.78 Å². The lowest BCUT2D eigenvalue weighted by molar-refractivity contribution is 0.0987. The second-order valence-corrected chi connectivity index (χ2v) is 5.48. The monoisotopic (exact) mass is 299 g/mol. The summed E-state index contributed by atoms with van der Waals surface area (Å²) in [6, 6.07) is 14.0. The Morgan fingerprint density at radius 3 is 2.64 bits per heavy atom. The molecular formula is C19H25NO2. The molecule has 0 unspecified atom stereocenters. The van der Waals surface area contributed by atoms with E-state index >= 15 is 0 Å². The number of benzene rings is 2. The van der Waals surface area contributed by atoms with Gasteiger partial charge in [-0.05, 0) is 36.2 Å². The molecule has 0 atom stereocenters. The van der Waals surface area contributed by atoms with Gasteiger partial charge >= 0.3 is 0 Å². The lowest BCUT2D eigenvalue weighted by atomic mass is 10.0. The van der Waals surface area contributed by atoms with Crippen molar-refractivity contribution in [2.45, 2.75) is 26.2 Å². The van der Waals surface area contributed by atoms with Gasteiger partial charge in [-0.2, -0.15) is 0 Å². The summed E-state index contributed by atoms with van der Waals surface area (Å²) in [6.45, 7) is 4.95. The minimum atomic E-state index is 0.137. The topological polar surface area (TPSA) is 38.3 Å². The average Bonchev–Trinajstić information content (AvgIpc) is 2.56. The fourth-order valence-corrected chi connectivity index (χ4v) is 2.31. The highest BCUT2D eigenvalue weighted by Crippen LogP contribution is 2.15. The molecule has 118 valence electrons. The van der Waals surface area contributed by atoms with Crippen molar-refractivity contribution < 1.29 is 9.53 Å². The Morgan fingerprint density at radius 1 is 1.05 bits per heavy atom. The van der Waals surface area contributed by atoms with E-state index in [0.717, 1.165) is 48.9 Å². The zero-order chi connectivity index (χ0) is 15.6. The molecule has 0 fully saturated rings. The Bertz CT molecular complexity index is 595. The molecule has 2 aromatic rings. The maximum Gasteiger partial charge on any atom is 0.176 e. The molecule has 3 nitrogen and oxygen atoms in total. The minimum absolute atomic E-state index is 0.137. The molecule has 0 saturated carbocycles. The summed E-state index contributed by atoms with van der Waals surface area (Å²) < 4.78 is 5.49. The normalized spacial score (nSPS) is 11.0. The van der Waals surface area contributed by atoms with Crippen LogP contribution < -0.4 is 5.32 Å². The molecule has 0 spiro atoms. The van der Waals surface area contributed by atoms with Gasteiger partial charge in [-0.3, -0.25) is 4.79 Å². The molecule has 0 bridgehead atoms. The number of hydrogen-bond acceptors (Lipinski definition) is 3. The van der Waals surface area contributed by atoms with Crippen LogP contribution in [0.4, 0.5) is 0 Å². The van der Waals surface area contributed by atoms with E-state index in [1.165, 1.54) is 6.42 Å². The Labute approximate surface area is 132 Å². The third kappa shape index (κ3) is 5.24. The van der Waals surface area contributed by atoms with Crippen LogP contribution in [0, 0.1) is 0 Å². The third-order valence-electron chi connectivity index (χ3n) is 3.64. The number of rotatable bonds is 10. The predicted octanol–water partition coefficient (Wildman–Crippen LogP) is 3.82. The van der Waals surface area contributed by atoms with Crippen LogP contribution in [-0.4, -0.2) is 32.1 Å². The molecule has 22 heavy (non-hydrogen) atoms. The first kappa shape index (κ1) is 16.7. The summed E-state index contributed by atoms with van der Waals surface area (Å²) in [5, 5.41) is 5.47. The van der Waals surface area contributed by atoms with Crippen molar-refractivity contribution in [2.75, 3.05) is 26.3 Å². The molecule has 2 aromatic carbocycles. The average molecular weight is 299 g/mol. The predicted molar refractivity (Wildman–Crippen MR) is 91.5 cm³/mol. The fraction of sp³-hybridized carbons (Fsp3) is 0.421. The van der Waals surface area contributed by atoms with Gasteiger partial charge in [-0.25, -0.2) is 0 Å². The van der Waals surface area contributed by atoms with E-state index < -0.39 is 0 Å². The van der Waals surface area contributed by atoms with E-state index in [1.807, 2.05) is 36.4 Å². The van der Waals surface area contributed by atoms with Gasteiger partial charge in [0.25, 0.3) is 0 Å². The number of carbonyl (C=O) groups is 1. The van der Waals surface area contributed by atoms with Crippen LogP contribution in [0.2, 0.25) is 0 Å². The van der Waals surface area contributed by atoms with Crippen molar-refractivity contribution in [3.63, 3.8) is 0 Å². The van der Waals surface area contributed by atoms with Crippen molar-refractivity contribution in [1.82, 2.24) is 5.32 Å². The molecule has 3 heteroatoms. The molecule has 1 N–H and O–H groups in total. The largest absolute Gasteiger partial charge is 0.381 e. The number of nitrogens with one attached hydrogen (secondary N) is 1. The Kier molecular flexibility index (Phi) is 7.07. The van der Waals surface area contributed by atoms with Crippen LogP contribution in [0.5, 0.6) is 0 Å². The van der Waals surface area contributed by atoms with E-state index in [9.17, 15) is 4.79 Å². The molecule has 0 radical (unpaired) electrons. The number of ketones is 1. The molecular weight excluding hydrogens is 274 g/mol. The van der Waals surface area contributed by atoms with Gasteiger partial charge in [-0.1, -0.05) is 49.7 Å². The summed E-state index contributed by atoms with van der Waals surface area (Å²) in [5.41, 5.74) is 0.769. The van der Waals surface area contributed by atoms with Crippen molar-refractivity contribution in [3.05, 3.63) is 48.0 Å². The van der Waals surface area contributed by atoms with Crippen LogP contribution in [0.1, 0.15) is 36.5 Å². The third-order valence-corrected chi connectivity index (χ3v) is 3.64. The van der Waals surface area contributed by atoms with Crippen molar-refractivity contribution >= 4 is 16.6 Å². The smallest absolute Gasteiger partial charge is 0.176 e. The highest BCUT2D eigenvalue weighted by atomic mass is 16.5. The van der Waals surface area contributed by atoms with Gasteiger partial charge in [0.2, 0.25) is 0 Å². The summed E-state index contributed by atoms with van der Waals surface area (Å²) in [4.78, 5) is 12.2. The maximum absolute atomic E-state index is 12.2. The Hall–Kier alpha value is -1.71. The quantitative estimate of drug-likeness (QED) is 0.535. The molecule has 0 aliphatic heterocycles. The Balaban J connectivity index is 1.70. The van der Waals surface area contributed by atoms with Crippen LogP contribution in [0.15, 0.2) is 42.5 Å². The van der Waals surface area contributed by atoms with E-state index in [0.29, 0.717) is 6.54 Å². The summed E-state index contributed by atoms with van der Waals surface area (Å²) in [7, 11) is 0. The molecule has 0 amide bonds. The van der Waals surface area contributed by atoms with Gasteiger partial charge in [-0.15, -0.1) is 0 Å². The molecule has 0 saturated heterocycles. The van der Waals surface area contributed by atoms with Gasteiger partial charge in [0.05, 0.1) is 6.54 Å².